The Bertz CT molecular complexity index is 491. The van der Waals surface area contributed by atoms with E-state index in [9.17, 15) is 4.79 Å². The van der Waals surface area contributed by atoms with Crippen molar-refractivity contribution in [1.29, 1.82) is 0 Å². The Morgan fingerprint density at radius 2 is 1.13 bits per heavy atom. The molecule has 178 valence electrons. The molecule has 0 aliphatic carbocycles. The van der Waals surface area contributed by atoms with Crippen molar-refractivity contribution in [2.45, 2.75) is 116 Å². The molecule has 0 aliphatic heterocycles. The molecule has 0 aromatic rings. The average Bonchev–Trinajstić information content (AvgIpc) is 2.57. The fourth-order valence-corrected chi connectivity index (χ4v) is 22.3. The van der Waals surface area contributed by atoms with E-state index < -0.39 is 33.8 Å². The second-order valence-electron chi connectivity index (χ2n) is 10.1. The van der Waals surface area contributed by atoms with Gasteiger partial charge in [-0.05, 0) is 69.9 Å². The summed E-state index contributed by atoms with van der Waals surface area (Å²) in [4.78, 5) is 12.4. The molecule has 0 radical (unpaired) electrons. The van der Waals surface area contributed by atoms with Gasteiger partial charge in [-0.15, -0.1) is 0 Å². The van der Waals surface area contributed by atoms with E-state index in [4.69, 9.17) is 12.3 Å². The van der Waals surface area contributed by atoms with Crippen LogP contribution < -0.4 is 5.32 Å². The van der Waals surface area contributed by atoms with Crippen LogP contribution in [0.25, 0.3) is 0 Å². The molecule has 1 atom stereocenters. The fraction of sp³-hybridized carbons (Fsp3) is 0.857. The van der Waals surface area contributed by atoms with Gasteiger partial charge in [0.25, 0.3) is 0 Å². The fourth-order valence-electron chi connectivity index (χ4n) is 4.06. The number of hydrogen-bond donors (Lipinski definition) is 1. The molecule has 1 unspecified atom stereocenters. The van der Waals surface area contributed by atoms with Crippen molar-refractivity contribution in [3.8, 4) is 0 Å². The second-order valence-corrected chi connectivity index (χ2v) is 26.5. The largest absolute Gasteiger partial charge is 0.493 e. The molecule has 0 saturated heterocycles. The highest BCUT2D eigenvalue weighted by atomic mass is 28.5. The minimum atomic E-state index is -3.22. The van der Waals surface area contributed by atoms with E-state index in [1.807, 2.05) is 0 Å². The molecular formula is C21H49NO4Si4. The van der Waals surface area contributed by atoms with Gasteiger partial charge in [-0.2, -0.15) is 0 Å². The lowest BCUT2D eigenvalue weighted by Crippen LogP contribution is -2.71. The minimum Gasteiger partial charge on any atom is -0.415 e. The normalized spacial score (nSPS) is 14.5. The first-order valence-electron chi connectivity index (χ1n) is 11.8. The third-order valence-corrected chi connectivity index (χ3v) is 21.7. The number of carbonyl (C=O) groups excluding carboxylic acids is 1. The van der Waals surface area contributed by atoms with Crippen LogP contribution in [0.2, 0.25) is 57.4 Å². The van der Waals surface area contributed by atoms with Crippen LogP contribution in [0.15, 0.2) is 12.7 Å². The maximum Gasteiger partial charge on any atom is 0.493 e. The SMILES string of the molecule is C=CC(=O)NC(CC)[Si](O[Si](C)(C)CCC)(O[Si](C)(C)CCC)O[Si](C)(C)CCC. The van der Waals surface area contributed by atoms with Gasteiger partial charge in [-0.3, -0.25) is 4.79 Å². The van der Waals surface area contributed by atoms with Crippen LogP contribution in [-0.2, 0) is 17.1 Å². The summed E-state index contributed by atoms with van der Waals surface area (Å²) in [5, 5.41) is 3.15. The molecule has 9 heteroatoms. The molecule has 1 amide bonds. The van der Waals surface area contributed by atoms with E-state index in [0.717, 1.165) is 43.8 Å². The second kappa shape index (κ2) is 12.9. The van der Waals surface area contributed by atoms with Crippen molar-refractivity contribution in [2.75, 3.05) is 0 Å². The highest BCUT2D eigenvalue weighted by molar-refractivity contribution is 6.91. The third-order valence-electron chi connectivity index (χ3n) is 5.15. The summed E-state index contributed by atoms with van der Waals surface area (Å²) in [6.45, 7) is 25.9. The average molecular weight is 492 g/mol. The Labute approximate surface area is 191 Å². The van der Waals surface area contributed by atoms with Crippen LogP contribution >= 0.6 is 0 Å². The van der Waals surface area contributed by atoms with E-state index in [0.29, 0.717) is 0 Å². The Hall–Kier alpha value is -0.0425. The number of amides is 1. The van der Waals surface area contributed by atoms with E-state index in [1.54, 1.807) is 0 Å². The molecule has 0 rings (SSSR count). The van der Waals surface area contributed by atoms with Crippen molar-refractivity contribution >= 4 is 39.7 Å². The third kappa shape index (κ3) is 10.5. The monoisotopic (exact) mass is 491 g/mol. The summed E-state index contributed by atoms with van der Waals surface area (Å²) in [6.07, 6.45) is 5.27. The Balaban J connectivity index is 6.53. The molecule has 30 heavy (non-hydrogen) atoms. The maximum absolute atomic E-state index is 12.4. The quantitative estimate of drug-likeness (QED) is 0.199. The van der Waals surface area contributed by atoms with Crippen LogP contribution in [0, 0.1) is 0 Å². The minimum absolute atomic E-state index is 0.186. The molecule has 5 nitrogen and oxygen atoms in total. The smallest absolute Gasteiger partial charge is 0.415 e. The van der Waals surface area contributed by atoms with Crippen LogP contribution in [-0.4, -0.2) is 45.3 Å². The van der Waals surface area contributed by atoms with Crippen molar-refractivity contribution in [2.24, 2.45) is 0 Å². The van der Waals surface area contributed by atoms with Crippen LogP contribution in [0.3, 0.4) is 0 Å². The van der Waals surface area contributed by atoms with E-state index >= 15 is 0 Å². The van der Waals surface area contributed by atoms with Crippen LogP contribution in [0.5, 0.6) is 0 Å². The zero-order chi connectivity index (χ0) is 23.6. The standard InChI is InChI=1S/C21H49NO4Si4/c1-12-17-27(6,7)24-30(25-28(8,9)18-13-2,26-29(10,11)19-14-3)21(16-5)22-20(23)15-4/h15,21H,4,12-14,16-19H2,1-3,5-11H3,(H,22,23). The molecule has 0 aromatic carbocycles. The van der Waals surface area contributed by atoms with Crippen molar-refractivity contribution < 1.29 is 17.1 Å². The lowest BCUT2D eigenvalue weighted by atomic mass is 10.4. The first-order valence-corrected chi connectivity index (χ1v) is 22.9. The van der Waals surface area contributed by atoms with Gasteiger partial charge >= 0.3 is 8.80 Å². The highest BCUT2D eigenvalue weighted by Gasteiger charge is 2.57. The summed E-state index contributed by atoms with van der Waals surface area (Å²) >= 11 is 0. The van der Waals surface area contributed by atoms with Crippen molar-refractivity contribution in [3.63, 3.8) is 0 Å². The molecule has 0 fully saturated rings. The van der Waals surface area contributed by atoms with E-state index in [-0.39, 0.29) is 11.6 Å². The first-order chi connectivity index (χ1) is 13.7. The van der Waals surface area contributed by atoms with Gasteiger partial charge < -0.3 is 17.7 Å². The first kappa shape index (κ1) is 30.0. The van der Waals surface area contributed by atoms with Gasteiger partial charge in [-0.25, -0.2) is 0 Å². The van der Waals surface area contributed by atoms with Gasteiger partial charge in [0.1, 0.15) is 0 Å². The Kier molecular flexibility index (Phi) is 12.8. The lowest BCUT2D eigenvalue weighted by Gasteiger charge is -2.48. The zero-order valence-corrected chi connectivity index (χ0v) is 25.4. The Morgan fingerprint density at radius 3 is 1.37 bits per heavy atom. The molecule has 0 aliphatic rings. The van der Waals surface area contributed by atoms with E-state index in [2.05, 4.69) is 78.9 Å². The van der Waals surface area contributed by atoms with Crippen molar-refractivity contribution in [1.82, 2.24) is 5.32 Å². The summed E-state index contributed by atoms with van der Waals surface area (Å²) in [5.74, 6) is -0.186. The highest BCUT2D eigenvalue weighted by Crippen LogP contribution is 2.33. The summed E-state index contributed by atoms with van der Waals surface area (Å²) in [6, 6.07) is 3.14. The molecule has 0 spiro atoms. The molecule has 0 heterocycles. The van der Waals surface area contributed by atoms with Gasteiger partial charge in [0.15, 0.2) is 25.0 Å². The maximum atomic E-state index is 12.4. The predicted octanol–water partition coefficient (Wildman–Crippen LogP) is 6.44. The lowest BCUT2D eigenvalue weighted by molar-refractivity contribution is -0.117. The number of hydrogen-bond acceptors (Lipinski definition) is 4. The zero-order valence-electron chi connectivity index (χ0n) is 21.4. The molecule has 0 bridgehead atoms. The number of carbonyl (C=O) groups is 1. The molecule has 0 aromatic heterocycles. The van der Waals surface area contributed by atoms with E-state index in [1.165, 1.54) is 6.08 Å². The summed E-state index contributed by atoms with van der Waals surface area (Å²) in [7, 11) is -9.35. The summed E-state index contributed by atoms with van der Waals surface area (Å²) in [5.41, 5.74) is -0.251. The number of nitrogens with one attached hydrogen (secondary N) is 1. The van der Waals surface area contributed by atoms with Gasteiger partial charge in [0, 0.05) is 0 Å². The van der Waals surface area contributed by atoms with Crippen LogP contribution in [0.4, 0.5) is 0 Å². The molecule has 0 saturated carbocycles. The summed E-state index contributed by atoms with van der Waals surface area (Å²) < 4.78 is 21.2. The predicted molar refractivity (Wildman–Crippen MR) is 139 cm³/mol. The molecule has 1 N–H and O–H groups in total. The Morgan fingerprint density at radius 1 is 0.800 bits per heavy atom. The van der Waals surface area contributed by atoms with Gasteiger partial charge in [0.05, 0.1) is 5.67 Å². The van der Waals surface area contributed by atoms with Gasteiger partial charge in [-0.1, -0.05) is 53.5 Å². The number of rotatable bonds is 16. The topological polar surface area (TPSA) is 56.8 Å². The van der Waals surface area contributed by atoms with Gasteiger partial charge in [0.2, 0.25) is 5.91 Å². The van der Waals surface area contributed by atoms with Crippen LogP contribution in [0.1, 0.15) is 53.4 Å². The molecular weight excluding hydrogens is 443 g/mol. The van der Waals surface area contributed by atoms with Crippen molar-refractivity contribution in [3.05, 3.63) is 12.7 Å².